The monoisotopic (exact) mass is 426 g/mol. The standard InChI is InChI=1S/C27H30N4O/c1-18-16-27(4,5)30(6)25-13-12-21(14-24(18)25)17-28-29-26(32)22-8-7-9-23(15-22)31-19(2)10-11-20(31)3/h7-17H,1-6H3,(H,29,32)/b28-17-. The summed E-state index contributed by atoms with van der Waals surface area (Å²) in [7, 11) is 2.11. The quantitative estimate of drug-likeness (QED) is 0.443. The summed E-state index contributed by atoms with van der Waals surface area (Å²) in [5.41, 5.74) is 11.0. The fourth-order valence-corrected chi connectivity index (χ4v) is 4.35. The molecule has 1 aliphatic rings. The Labute approximate surface area is 190 Å². The molecule has 2 heterocycles. The number of anilines is 1. The number of amides is 1. The maximum Gasteiger partial charge on any atom is 0.271 e. The maximum absolute atomic E-state index is 12.7. The van der Waals surface area contributed by atoms with Crippen molar-refractivity contribution in [3.8, 4) is 5.69 Å². The fraction of sp³-hybridized carbons (Fsp3) is 0.259. The van der Waals surface area contributed by atoms with Crippen molar-refractivity contribution in [2.45, 2.75) is 40.2 Å². The molecule has 0 saturated carbocycles. The number of carbonyl (C=O) groups excluding carboxylic acids is 1. The molecule has 0 radical (unpaired) electrons. The lowest BCUT2D eigenvalue weighted by molar-refractivity contribution is 0.0955. The highest BCUT2D eigenvalue weighted by atomic mass is 16.2. The van der Waals surface area contributed by atoms with E-state index in [1.54, 1.807) is 12.3 Å². The van der Waals surface area contributed by atoms with E-state index in [0.717, 1.165) is 22.6 Å². The molecule has 32 heavy (non-hydrogen) atoms. The third-order valence-corrected chi connectivity index (χ3v) is 6.26. The van der Waals surface area contributed by atoms with Crippen molar-refractivity contribution >= 4 is 23.4 Å². The minimum absolute atomic E-state index is 0.0209. The van der Waals surface area contributed by atoms with Crippen molar-refractivity contribution in [3.63, 3.8) is 0 Å². The summed E-state index contributed by atoms with van der Waals surface area (Å²) in [5, 5.41) is 4.20. The van der Waals surface area contributed by atoms with Crippen molar-refractivity contribution in [3.05, 3.63) is 88.8 Å². The van der Waals surface area contributed by atoms with Crippen LogP contribution in [0.3, 0.4) is 0 Å². The second-order valence-corrected chi connectivity index (χ2v) is 9.02. The Morgan fingerprint density at radius 3 is 2.44 bits per heavy atom. The largest absolute Gasteiger partial charge is 0.366 e. The number of benzene rings is 2. The molecule has 3 aromatic rings. The van der Waals surface area contributed by atoms with E-state index in [0.29, 0.717) is 5.56 Å². The summed E-state index contributed by atoms with van der Waals surface area (Å²) >= 11 is 0. The number of rotatable bonds is 4. The number of fused-ring (bicyclic) bond motifs is 1. The minimum Gasteiger partial charge on any atom is -0.366 e. The van der Waals surface area contributed by atoms with E-state index in [9.17, 15) is 4.79 Å². The maximum atomic E-state index is 12.7. The van der Waals surface area contributed by atoms with Gasteiger partial charge in [-0.3, -0.25) is 4.79 Å². The Morgan fingerprint density at radius 2 is 1.72 bits per heavy atom. The van der Waals surface area contributed by atoms with Crippen molar-refractivity contribution < 1.29 is 4.79 Å². The van der Waals surface area contributed by atoms with Crippen LogP contribution < -0.4 is 10.3 Å². The van der Waals surface area contributed by atoms with E-state index >= 15 is 0 Å². The van der Waals surface area contributed by atoms with E-state index in [4.69, 9.17) is 0 Å². The molecule has 0 atom stereocenters. The molecule has 5 nitrogen and oxygen atoms in total. The van der Waals surface area contributed by atoms with Gasteiger partial charge >= 0.3 is 0 Å². The van der Waals surface area contributed by atoms with Gasteiger partial charge in [0.05, 0.1) is 11.8 Å². The first-order valence-electron chi connectivity index (χ1n) is 10.8. The van der Waals surface area contributed by atoms with Crippen LogP contribution >= 0.6 is 0 Å². The highest BCUT2D eigenvalue weighted by Gasteiger charge is 2.28. The molecular weight excluding hydrogens is 396 g/mol. The Morgan fingerprint density at radius 1 is 1.00 bits per heavy atom. The number of carbonyl (C=O) groups is 1. The molecule has 164 valence electrons. The van der Waals surface area contributed by atoms with Gasteiger partial charge in [0.15, 0.2) is 0 Å². The lowest BCUT2D eigenvalue weighted by atomic mass is 9.89. The molecule has 0 bridgehead atoms. The van der Waals surface area contributed by atoms with Crippen LogP contribution in [0.15, 0.2) is 65.8 Å². The number of nitrogens with zero attached hydrogens (tertiary/aromatic N) is 3. The number of hydrazone groups is 1. The highest BCUT2D eigenvalue weighted by molar-refractivity contribution is 5.95. The SMILES string of the molecule is CC1=CC(C)(C)N(C)c2ccc(/C=N\NC(=O)c3cccc(-n4c(C)ccc4C)c3)cc21. The third kappa shape index (κ3) is 3.98. The molecule has 5 heteroatoms. The molecule has 0 fully saturated rings. The summed E-state index contributed by atoms with van der Waals surface area (Å²) in [6.07, 6.45) is 3.97. The van der Waals surface area contributed by atoms with Gasteiger partial charge in [-0.05, 0) is 88.2 Å². The highest BCUT2D eigenvalue weighted by Crippen LogP contribution is 2.37. The number of aromatic nitrogens is 1. The second-order valence-electron chi connectivity index (χ2n) is 9.02. The van der Waals surface area contributed by atoms with Crippen molar-refractivity contribution in [2.24, 2.45) is 5.10 Å². The van der Waals surface area contributed by atoms with Crippen LogP contribution in [0.1, 0.15) is 53.6 Å². The lowest BCUT2D eigenvalue weighted by Gasteiger charge is -2.40. The molecule has 0 unspecified atom stereocenters. The van der Waals surface area contributed by atoms with Gasteiger partial charge in [-0.15, -0.1) is 0 Å². The Hall–Kier alpha value is -3.60. The van der Waals surface area contributed by atoms with Gasteiger partial charge < -0.3 is 9.47 Å². The fourth-order valence-electron chi connectivity index (χ4n) is 4.35. The Balaban J connectivity index is 1.50. The van der Waals surface area contributed by atoms with E-state index in [2.05, 4.69) is 92.0 Å². The lowest BCUT2D eigenvalue weighted by Crippen LogP contribution is -2.42. The zero-order chi connectivity index (χ0) is 23.0. The summed E-state index contributed by atoms with van der Waals surface area (Å²) < 4.78 is 2.13. The van der Waals surface area contributed by atoms with E-state index < -0.39 is 0 Å². The Kier molecular flexibility index (Phi) is 5.51. The normalized spacial score (nSPS) is 14.9. The van der Waals surface area contributed by atoms with Crippen molar-refractivity contribution in [1.29, 1.82) is 0 Å². The van der Waals surface area contributed by atoms with Crippen LogP contribution in [0.2, 0.25) is 0 Å². The zero-order valence-corrected chi connectivity index (χ0v) is 19.6. The van der Waals surface area contributed by atoms with E-state index in [1.165, 1.54) is 16.8 Å². The second kappa shape index (κ2) is 8.15. The summed E-state index contributed by atoms with van der Waals surface area (Å²) in [5.74, 6) is -0.235. The molecule has 1 aromatic heterocycles. The van der Waals surface area contributed by atoms with E-state index in [1.807, 2.05) is 24.3 Å². The molecule has 0 spiro atoms. The molecule has 1 aliphatic heterocycles. The zero-order valence-electron chi connectivity index (χ0n) is 19.6. The van der Waals surface area contributed by atoms with Gasteiger partial charge in [0, 0.05) is 40.9 Å². The summed E-state index contributed by atoms with van der Waals surface area (Å²) in [4.78, 5) is 15.0. The van der Waals surface area contributed by atoms with Crippen LogP contribution in [0.4, 0.5) is 5.69 Å². The van der Waals surface area contributed by atoms with Gasteiger partial charge in [-0.1, -0.05) is 18.2 Å². The molecule has 0 aliphatic carbocycles. The van der Waals surface area contributed by atoms with E-state index in [-0.39, 0.29) is 11.4 Å². The number of nitrogens with one attached hydrogen (secondary N) is 1. The third-order valence-electron chi connectivity index (χ3n) is 6.26. The van der Waals surface area contributed by atoms with Crippen LogP contribution in [0, 0.1) is 13.8 Å². The van der Waals surface area contributed by atoms with Crippen LogP contribution in [0.5, 0.6) is 0 Å². The van der Waals surface area contributed by atoms with Crippen molar-refractivity contribution in [2.75, 3.05) is 11.9 Å². The minimum atomic E-state index is -0.235. The van der Waals surface area contributed by atoms with Crippen LogP contribution in [-0.4, -0.2) is 29.3 Å². The first-order chi connectivity index (χ1) is 15.2. The van der Waals surface area contributed by atoms with Gasteiger partial charge in [0.25, 0.3) is 5.91 Å². The number of allylic oxidation sites excluding steroid dienone is 1. The smallest absolute Gasteiger partial charge is 0.271 e. The first-order valence-corrected chi connectivity index (χ1v) is 10.8. The molecule has 1 amide bonds. The molecule has 4 rings (SSSR count). The molecule has 0 saturated heterocycles. The average molecular weight is 427 g/mol. The first kappa shape index (κ1) is 21.6. The molecule has 2 aromatic carbocycles. The van der Waals surface area contributed by atoms with Crippen LogP contribution in [0.25, 0.3) is 11.3 Å². The number of hydrogen-bond donors (Lipinski definition) is 1. The summed E-state index contributed by atoms with van der Waals surface area (Å²) in [6, 6.07) is 18.0. The summed E-state index contributed by atoms with van der Waals surface area (Å²) in [6.45, 7) is 10.7. The average Bonchev–Trinajstić information content (AvgIpc) is 3.10. The molecular formula is C27H30N4O. The topological polar surface area (TPSA) is 49.6 Å². The predicted octanol–water partition coefficient (Wildman–Crippen LogP) is 5.49. The molecule has 1 N–H and O–H groups in total. The van der Waals surface area contributed by atoms with Crippen LogP contribution in [-0.2, 0) is 0 Å². The number of likely N-dealkylation sites (N-methyl/N-ethyl adjacent to an activating group) is 1. The number of hydrogen-bond acceptors (Lipinski definition) is 3. The van der Waals surface area contributed by atoms with Gasteiger partial charge in [-0.2, -0.15) is 5.10 Å². The van der Waals surface area contributed by atoms with Gasteiger partial charge in [0.1, 0.15) is 0 Å². The number of aryl methyl sites for hydroxylation is 2. The predicted molar refractivity (Wildman–Crippen MR) is 133 cm³/mol. The van der Waals surface area contributed by atoms with Gasteiger partial charge in [0.2, 0.25) is 0 Å². The van der Waals surface area contributed by atoms with Crippen molar-refractivity contribution in [1.82, 2.24) is 9.99 Å². The van der Waals surface area contributed by atoms with Gasteiger partial charge in [-0.25, -0.2) is 5.43 Å². The Bertz CT molecular complexity index is 1230.